The van der Waals surface area contributed by atoms with Crippen molar-refractivity contribution in [3.63, 3.8) is 0 Å². The summed E-state index contributed by atoms with van der Waals surface area (Å²) in [6.45, 7) is 3.13. The number of benzene rings is 2. The molecule has 4 nitrogen and oxygen atoms in total. The van der Waals surface area contributed by atoms with E-state index in [1.165, 1.54) is 17.7 Å². The second-order valence-electron chi connectivity index (χ2n) is 6.43. The molecule has 1 aromatic heterocycles. The van der Waals surface area contributed by atoms with E-state index in [4.69, 9.17) is 10.2 Å². The maximum atomic E-state index is 13.3. The van der Waals surface area contributed by atoms with E-state index in [0.717, 1.165) is 13.1 Å². The molecule has 0 radical (unpaired) electrons. The number of hydrogen-bond acceptors (Lipinski definition) is 4. The van der Waals surface area contributed by atoms with Gasteiger partial charge in [0, 0.05) is 25.1 Å². The van der Waals surface area contributed by atoms with E-state index >= 15 is 0 Å². The van der Waals surface area contributed by atoms with Crippen LogP contribution in [0.25, 0.3) is 11.1 Å². The zero-order chi connectivity index (χ0) is 16.5. The van der Waals surface area contributed by atoms with E-state index in [9.17, 15) is 4.39 Å². The summed E-state index contributed by atoms with van der Waals surface area (Å²) in [5.74, 6) is 1.17. The molecule has 2 atom stereocenters. The van der Waals surface area contributed by atoms with Gasteiger partial charge in [-0.15, -0.1) is 0 Å². The molecule has 0 amide bonds. The Hall–Kier alpha value is -2.24. The number of fused-ring (bicyclic) bond motifs is 1. The van der Waals surface area contributed by atoms with Gasteiger partial charge in [-0.2, -0.15) is 0 Å². The summed E-state index contributed by atoms with van der Waals surface area (Å²) in [5, 5.41) is 0. The SMILES string of the molecule is NC[C@@H]1CN(Cc2nc3ccc(F)cc3o2)C[C@H]1c1ccccc1. The van der Waals surface area contributed by atoms with Crippen LogP contribution >= 0.6 is 0 Å². The monoisotopic (exact) mass is 325 g/mol. The normalized spacial score (nSPS) is 21.6. The Morgan fingerprint density at radius 2 is 2.00 bits per heavy atom. The highest BCUT2D eigenvalue weighted by molar-refractivity contribution is 5.72. The third kappa shape index (κ3) is 2.92. The van der Waals surface area contributed by atoms with Gasteiger partial charge >= 0.3 is 0 Å². The first-order valence-corrected chi connectivity index (χ1v) is 8.25. The van der Waals surface area contributed by atoms with Crippen LogP contribution in [-0.4, -0.2) is 29.5 Å². The van der Waals surface area contributed by atoms with Crippen molar-refractivity contribution >= 4 is 11.1 Å². The summed E-state index contributed by atoms with van der Waals surface area (Å²) in [6.07, 6.45) is 0. The van der Waals surface area contributed by atoms with Gasteiger partial charge in [0.25, 0.3) is 0 Å². The molecule has 0 aliphatic carbocycles. The van der Waals surface area contributed by atoms with Crippen molar-refractivity contribution < 1.29 is 8.81 Å². The highest BCUT2D eigenvalue weighted by atomic mass is 19.1. The summed E-state index contributed by atoms with van der Waals surface area (Å²) in [4.78, 5) is 6.78. The van der Waals surface area contributed by atoms with Crippen molar-refractivity contribution in [2.75, 3.05) is 19.6 Å². The first kappa shape index (κ1) is 15.3. The van der Waals surface area contributed by atoms with Crippen molar-refractivity contribution in [2.24, 2.45) is 11.7 Å². The number of aromatic nitrogens is 1. The summed E-state index contributed by atoms with van der Waals surface area (Å²) in [7, 11) is 0. The molecule has 24 heavy (non-hydrogen) atoms. The van der Waals surface area contributed by atoms with Crippen LogP contribution in [0.3, 0.4) is 0 Å². The molecule has 0 saturated carbocycles. The van der Waals surface area contributed by atoms with Crippen LogP contribution in [0.2, 0.25) is 0 Å². The van der Waals surface area contributed by atoms with Gasteiger partial charge in [-0.1, -0.05) is 30.3 Å². The molecule has 2 heterocycles. The van der Waals surface area contributed by atoms with Crippen LogP contribution in [-0.2, 0) is 6.54 Å². The average molecular weight is 325 g/mol. The summed E-state index contributed by atoms with van der Waals surface area (Å²) < 4.78 is 19.0. The Kier molecular flexibility index (Phi) is 4.04. The Morgan fingerprint density at radius 1 is 1.17 bits per heavy atom. The molecule has 5 heteroatoms. The van der Waals surface area contributed by atoms with Crippen LogP contribution in [0, 0.1) is 11.7 Å². The molecule has 2 N–H and O–H groups in total. The molecule has 124 valence electrons. The Bertz CT molecular complexity index is 833. The molecule has 0 bridgehead atoms. The van der Waals surface area contributed by atoms with E-state index in [0.29, 0.717) is 41.9 Å². The Morgan fingerprint density at radius 3 is 2.79 bits per heavy atom. The summed E-state index contributed by atoms with van der Waals surface area (Å²) in [6, 6.07) is 14.9. The first-order valence-electron chi connectivity index (χ1n) is 8.25. The second-order valence-corrected chi connectivity index (χ2v) is 6.43. The van der Waals surface area contributed by atoms with E-state index < -0.39 is 0 Å². The third-order valence-electron chi connectivity index (χ3n) is 4.80. The molecule has 1 saturated heterocycles. The fourth-order valence-corrected chi connectivity index (χ4v) is 3.61. The van der Waals surface area contributed by atoms with Crippen molar-refractivity contribution in [1.29, 1.82) is 0 Å². The quantitative estimate of drug-likeness (QED) is 0.801. The molecular weight excluding hydrogens is 305 g/mol. The Labute approximate surface area is 140 Å². The molecule has 1 aliphatic rings. The molecule has 1 aliphatic heterocycles. The molecular formula is C19H20FN3O. The lowest BCUT2D eigenvalue weighted by molar-refractivity contribution is 0.284. The van der Waals surface area contributed by atoms with E-state index in [1.807, 2.05) is 6.07 Å². The maximum Gasteiger partial charge on any atom is 0.209 e. The fourth-order valence-electron chi connectivity index (χ4n) is 3.61. The Balaban J connectivity index is 1.52. The van der Waals surface area contributed by atoms with E-state index in [2.05, 4.69) is 34.1 Å². The predicted molar refractivity (Wildman–Crippen MR) is 91.0 cm³/mol. The van der Waals surface area contributed by atoms with Crippen molar-refractivity contribution in [3.8, 4) is 0 Å². The number of halogens is 1. The van der Waals surface area contributed by atoms with Crippen molar-refractivity contribution in [2.45, 2.75) is 12.5 Å². The maximum absolute atomic E-state index is 13.3. The van der Waals surface area contributed by atoms with Gasteiger partial charge in [0.2, 0.25) is 5.89 Å². The fraction of sp³-hybridized carbons (Fsp3) is 0.316. The number of likely N-dealkylation sites (tertiary alicyclic amines) is 1. The molecule has 3 aromatic rings. The molecule has 2 aromatic carbocycles. The zero-order valence-corrected chi connectivity index (χ0v) is 13.4. The van der Waals surface area contributed by atoms with Crippen molar-refractivity contribution in [3.05, 3.63) is 65.8 Å². The van der Waals surface area contributed by atoms with Gasteiger partial charge in [-0.3, -0.25) is 4.90 Å². The number of rotatable bonds is 4. The topological polar surface area (TPSA) is 55.3 Å². The van der Waals surface area contributed by atoms with Crippen LogP contribution in [0.5, 0.6) is 0 Å². The lowest BCUT2D eigenvalue weighted by atomic mass is 9.89. The van der Waals surface area contributed by atoms with Crippen LogP contribution < -0.4 is 5.73 Å². The average Bonchev–Trinajstić information content (AvgIpc) is 3.18. The number of hydrogen-bond donors (Lipinski definition) is 1. The molecule has 0 spiro atoms. The minimum Gasteiger partial charge on any atom is -0.439 e. The largest absolute Gasteiger partial charge is 0.439 e. The van der Waals surface area contributed by atoms with Crippen molar-refractivity contribution in [1.82, 2.24) is 9.88 Å². The first-order chi connectivity index (χ1) is 11.7. The molecule has 1 fully saturated rings. The van der Waals surface area contributed by atoms with Crippen LogP contribution in [0.1, 0.15) is 17.4 Å². The third-order valence-corrected chi connectivity index (χ3v) is 4.80. The lowest BCUT2D eigenvalue weighted by Gasteiger charge is -2.16. The number of oxazole rings is 1. The van der Waals surface area contributed by atoms with Crippen LogP contribution in [0.4, 0.5) is 4.39 Å². The van der Waals surface area contributed by atoms with Gasteiger partial charge in [0.1, 0.15) is 11.3 Å². The van der Waals surface area contributed by atoms with Gasteiger partial charge < -0.3 is 10.2 Å². The molecule has 4 rings (SSSR count). The lowest BCUT2D eigenvalue weighted by Crippen LogP contribution is -2.23. The standard InChI is InChI=1S/C19H20FN3O/c20-15-6-7-17-18(8-15)24-19(22-17)12-23-10-14(9-21)16(11-23)13-4-2-1-3-5-13/h1-8,14,16H,9-12,21H2/t14-,16+/m1/s1. The second kappa shape index (κ2) is 6.34. The van der Waals surface area contributed by atoms with Crippen LogP contribution in [0.15, 0.2) is 52.9 Å². The highest BCUT2D eigenvalue weighted by Gasteiger charge is 2.33. The minimum atomic E-state index is -0.307. The van der Waals surface area contributed by atoms with Gasteiger partial charge in [-0.25, -0.2) is 9.37 Å². The zero-order valence-electron chi connectivity index (χ0n) is 13.4. The number of nitrogens with zero attached hydrogens (tertiary/aromatic N) is 2. The van der Waals surface area contributed by atoms with E-state index in [-0.39, 0.29) is 5.82 Å². The number of nitrogens with two attached hydrogens (primary N) is 1. The van der Waals surface area contributed by atoms with Gasteiger partial charge in [0.15, 0.2) is 5.58 Å². The summed E-state index contributed by atoms with van der Waals surface area (Å²) in [5.41, 5.74) is 8.51. The van der Waals surface area contributed by atoms with Gasteiger partial charge in [-0.05, 0) is 30.2 Å². The smallest absolute Gasteiger partial charge is 0.209 e. The highest BCUT2D eigenvalue weighted by Crippen LogP contribution is 2.33. The summed E-state index contributed by atoms with van der Waals surface area (Å²) >= 11 is 0. The minimum absolute atomic E-state index is 0.307. The molecule has 0 unspecified atom stereocenters. The van der Waals surface area contributed by atoms with E-state index in [1.54, 1.807) is 6.07 Å². The van der Waals surface area contributed by atoms with Gasteiger partial charge in [0.05, 0.1) is 6.54 Å². The predicted octanol–water partition coefficient (Wildman–Crippen LogP) is 3.14.